The van der Waals surface area contributed by atoms with E-state index in [4.69, 9.17) is 0 Å². The van der Waals surface area contributed by atoms with Gasteiger partial charge in [-0.25, -0.2) is 16.8 Å². The van der Waals surface area contributed by atoms with Crippen LogP contribution in [0.15, 0.2) is 65.7 Å². The molecule has 0 saturated carbocycles. The quantitative estimate of drug-likeness (QED) is 0.681. The zero-order chi connectivity index (χ0) is 20.6. The number of hydrogen-bond acceptors (Lipinski definition) is 6. The minimum absolute atomic E-state index is 0.0525. The number of nitrogens with zero attached hydrogens (tertiary/aromatic N) is 1. The van der Waals surface area contributed by atoms with E-state index in [0.29, 0.717) is 11.2 Å². The lowest BCUT2D eigenvalue weighted by Crippen LogP contribution is -2.23. The molecule has 1 aliphatic rings. The van der Waals surface area contributed by atoms with Crippen molar-refractivity contribution in [2.24, 2.45) is 0 Å². The van der Waals surface area contributed by atoms with Crippen molar-refractivity contribution in [2.75, 3.05) is 16.8 Å². The van der Waals surface area contributed by atoms with Crippen LogP contribution in [0.3, 0.4) is 0 Å². The number of para-hydroxylation sites is 1. The van der Waals surface area contributed by atoms with Gasteiger partial charge in [-0.15, -0.1) is 0 Å². The highest BCUT2D eigenvalue weighted by atomic mass is 32.2. The van der Waals surface area contributed by atoms with E-state index >= 15 is 0 Å². The SMILES string of the molecule is O=C(Nc1cccc2cccnc12)c1cccc(S(=O)(=O)[C@@H]2CCS(=O)(=O)C2)c1. The number of fused-ring (bicyclic) bond motifs is 1. The van der Waals surface area contributed by atoms with Gasteiger partial charge in [-0.05, 0) is 36.8 Å². The Balaban J connectivity index is 1.62. The fourth-order valence-corrected chi connectivity index (χ4v) is 7.82. The van der Waals surface area contributed by atoms with E-state index in [1.54, 1.807) is 24.4 Å². The molecule has 7 nitrogen and oxygen atoms in total. The van der Waals surface area contributed by atoms with Crippen LogP contribution in [0.2, 0.25) is 0 Å². The summed E-state index contributed by atoms with van der Waals surface area (Å²) in [6, 6.07) is 14.7. The number of hydrogen-bond donors (Lipinski definition) is 1. The lowest BCUT2D eigenvalue weighted by molar-refractivity contribution is 0.102. The van der Waals surface area contributed by atoms with Gasteiger partial charge in [-0.2, -0.15) is 0 Å². The van der Waals surface area contributed by atoms with Crippen LogP contribution < -0.4 is 5.32 Å². The van der Waals surface area contributed by atoms with Crippen molar-refractivity contribution < 1.29 is 21.6 Å². The third kappa shape index (κ3) is 3.88. The smallest absolute Gasteiger partial charge is 0.255 e. The number of pyridine rings is 1. The van der Waals surface area contributed by atoms with Crippen LogP contribution in [0, 0.1) is 0 Å². The number of amides is 1. The molecule has 0 aliphatic carbocycles. The summed E-state index contributed by atoms with van der Waals surface area (Å²) in [7, 11) is -7.18. The first-order chi connectivity index (χ1) is 13.8. The number of rotatable bonds is 4. The van der Waals surface area contributed by atoms with Crippen LogP contribution in [0.5, 0.6) is 0 Å². The number of benzene rings is 2. The molecule has 0 radical (unpaired) electrons. The average molecular weight is 431 g/mol. The van der Waals surface area contributed by atoms with Gasteiger partial charge >= 0.3 is 0 Å². The highest BCUT2D eigenvalue weighted by molar-refractivity contribution is 7.96. The van der Waals surface area contributed by atoms with Crippen LogP contribution in [-0.4, -0.2) is 44.5 Å². The van der Waals surface area contributed by atoms with Crippen molar-refractivity contribution in [3.05, 3.63) is 66.4 Å². The average Bonchev–Trinajstić information content (AvgIpc) is 3.09. The second-order valence-electron chi connectivity index (χ2n) is 6.93. The molecule has 9 heteroatoms. The molecule has 0 bridgehead atoms. The molecule has 29 heavy (non-hydrogen) atoms. The zero-order valence-corrected chi connectivity index (χ0v) is 16.9. The fraction of sp³-hybridized carbons (Fsp3) is 0.200. The molecular weight excluding hydrogens is 412 g/mol. The molecule has 0 unspecified atom stereocenters. The molecule has 1 fully saturated rings. The summed E-state index contributed by atoms with van der Waals surface area (Å²) >= 11 is 0. The molecular formula is C20H18N2O5S2. The Morgan fingerprint density at radius 3 is 2.59 bits per heavy atom. The number of aromatic nitrogens is 1. The van der Waals surface area contributed by atoms with Crippen LogP contribution in [0.4, 0.5) is 5.69 Å². The van der Waals surface area contributed by atoms with E-state index in [1.165, 1.54) is 24.3 Å². The number of nitrogens with one attached hydrogen (secondary N) is 1. The minimum atomic E-state index is -3.84. The first kappa shape index (κ1) is 19.5. The Morgan fingerprint density at radius 2 is 1.83 bits per heavy atom. The molecule has 0 spiro atoms. The van der Waals surface area contributed by atoms with E-state index in [1.807, 2.05) is 12.1 Å². The second-order valence-corrected chi connectivity index (χ2v) is 11.4. The van der Waals surface area contributed by atoms with Gasteiger partial charge in [0.2, 0.25) is 0 Å². The Bertz CT molecular complexity index is 1310. The summed E-state index contributed by atoms with van der Waals surface area (Å²) in [5.41, 5.74) is 1.31. The zero-order valence-electron chi connectivity index (χ0n) is 15.3. The number of sulfone groups is 2. The molecule has 1 N–H and O–H groups in total. The molecule has 1 saturated heterocycles. The van der Waals surface area contributed by atoms with Crippen molar-refractivity contribution in [3.8, 4) is 0 Å². The largest absolute Gasteiger partial charge is 0.320 e. The Morgan fingerprint density at radius 1 is 1.07 bits per heavy atom. The lowest BCUT2D eigenvalue weighted by atomic mass is 10.1. The summed E-state index contributed by atoms with van der Waals surface area (Å²) in [6.45, 7) is 0. The Hall–Kier alpha value is -2.78. The molecule has 1 amide bonds. The van der Waals surface area contributed by atoms with Gasteiger partial charge in [-0.1, -0.05) is 24.3 Å². The predicted octanol–water partition coefficient (Wildman–Crippen LogP) is 2.45. The summed E-state index contributed by atoms with van der Waals surface area (Å²) in [5, 5.41) is 2.66. The van der Waals surface area contributed by atoms with Gasteiger partial charge < -0.3 is 5.32 Å². The monoisotopic (exact) mass is 430 g/mol. The third-order valence-corrected chi connectivity index (χ3v) is 9.11. The van der Waals surface area contributed by atoms with Crippen LogP contribution in [0.25, 0.3) is 10.9 Å². The van der Waals surface area contributed by atoms with Crippen molar-refractivity contribution in [2.45, 2.75) is 16.6 Å². The van der Waals surface area contributed by atoms with Crippen molar-refractivity contribution in [3.63, 3.8) is 0 Å². The van der Waals surface area contributed by atoms with Gasteiger partial charge in [0, 0.05) is 17.1 Å². The molecule has 1 aromatic heterocycles. The standard InChI is InChI=1S/C20H18N2O5S2/c23-20(22-18-8-2-4-14-6-3-10-21-19(14)18)15-5-1-7-16(12-15)29(26,27)17-9-11-28(24,25)13-17/h1-8,10,12,17H,9,11,13H2,(H,22,23)/t17-/m1/s1. The maximum atomic E-state index is 12.8. The first-order valence-electron chi connectivity index (χ1n) is 8.96. The summed E-state index contributed by atoms with van der Waals surface area (Å²) in [4.78, 5) is 17.0. The highest BCUT2D eigenvalue weighted by Gasteiger charge is 2.38. The maximum absolute atomic E-state index is 12.8. The highest BCUT2D eigenvalue weighted by Crippen LogP contribution is 2.26. The summed E-state index contributed by atoms with van der Waals surface area (Å²) in [6.07, 6.45) is 1.70. The second kappa shape index (κ2) is 7.23. The van der Waals surface area contributed by atoms with Gasteiger partial charge in [0.15, 0.2) is 19.7 Å². The van der Waals surface area contributed by atoms with Crippen molar-refractivity contribution >= 4 is 42.2 Å². The van der Waals surface area contributed by atoms with E-state index in [-0.39, 0.29) is 28.4 Å². The van der Waals surface area contributed by atoms with Gasteiger partial charge in [0.05, 0.1) is 32.9 Å². The number of carbonyl (C=O) groups is 1. The summed E-state index contributed by atoms with van der Waals surface area (Å²) in [5.74, 6) is -0.988. The number of carbonyl (C=O) groups excluding carboxylic acids is 1. The van der Waals surface area contributed by atoms with Crippen molar-refractivity contribution in [1.82, 2.24) is 4.98 Å². The summed E-state index contributed by atoms with van der Waals surface area (Å²) < 4.78 is 49.0. The molecule has 4 rings (SSSR count). The normalized spacial score (nSPS) is 18.6. The van der Waals surface area contributed by atoms with Gasteiger partial charge in [-0.3, -0.25) is 9.78 Å². The molecule has 2 heterocycles. The molecule has 150 valence electrons. The van der Waals surface area contributed by atoms with Gasteiger partial charge in [0.1, 0.15) is 0 Å². The van der Waals surface area contributed by atoms with Gasteiger partial charge in [0.25, 0.3) is 5.91 Å². The van der Waals surface area contributed by atoms with Crippen LogP contribution >= 0.6 is 0 Å². The fourth-order valence-electron chi connectivity index (χ4n) is 3.41. The predicted molar refractivity (Wildman–Crippen MR) is 110 cm³/mol. The van der Waals surface area contributed by atoms with E-state index in [0.717, 1.165) is 5.39 Å². The topological polar surface area (TPSA) is 110 Å². The van der Waals surface area contributed by atoms with E-state index in [2.05, 4.69) is 10.3 Å². The third-order valence-electron chi connectivity index (χ3n) is 4.94. The van der Waals surface area contributed by atoms with Crippen molar-refractivity contribution in [1.29, 1.82) is 0 Å². The first-order valence-corrected chi connectivity index (χ1v) is 12.3. The molecule has 3 aromatic rings. The number of anilines is 1. The van der Waals surface area contributed by atoms with Crippen LogP contribution in [-0.2, 0) is 19.7 Å². The molecule has 1 atom stereocenters. The minimum Gasteiger partial charge on any atom is -0.320 e. The van der Waals surface area contributed by atoms with E-state index < -0.39 is 30.8 Å². The van der Waals surface area contributed by atoms with Crippen LogP contribution in [0.1, 0.15) is 16.8 Å². The Labute approximate surface area is 168 Å². The van der Waals surface area contributed by atoms with E-state index in [9.17, 15) is 21.6 Å². The molecule has 2 aromatic carbocycles. The molecule has 1 aliphatic heterocycles. The maximum Gasteiger partial charge on any atom is 0.255 e. The Kier molecular flexibility index (Phi) is 4.87. The lowest BCUT2D eigenvalue weighted by Gasteiger charge is -2.12.